The molecule has 0 aromatic heterocycles. The number of nitrogens with one attached hydrogen (secondary N) is 2. The van der Waals surface area contributed by atoms with Crippen LogP contribution in [-0.2, 0) is 0 Å². The van der Waals surface area contributed by atoms with Crippen molar-refractivity contribution < 1.29 is 0 Å². The van der Waals surface area contributed by atoms with Gasteiger partial charge in [-0.2, -0.15) is 5.26 Å². The Labute approximate surface area is 115 Å². The molecule has 1 aliphatic heterocycles. The van der Waals surface area contributed by atoms with Gasteiger partial charge in [0.2, 0.25) is 0 Å². The normalized spacial score (nSPS) is 13.1. The van der Waals surface area contributed by atoms with Crippen molar-refractivity contribution >= 4 is 47.3 Å². The predicted octanol–water partition coefficient (Wildman–Crippen LogP) is 2.66. The van der Waals surface area contributed by atoms with Gasteiger partial charge in [-0.15, -0.1) is 12.4 Å². The lowest BCUT2D eigenvalue weighted by molar-refractivity contribution is 0.959. The standard InChI is InChI=1S/C10H8Cl2N4.ClH/c11-7-3-6(5-13)4-8(12)9(7)16-10-14-1-2-15-10;/h3-4H,1-2H2,(H2,14,15,16);1H. The van der Waals surface area contributed by atoms with E-state index in [-0.39, 0.29) is 12.4 Å². The number of guanidine groups is 1. The second-order valence-corrected chi connectivity index (χ2v) is 4.02. The fourth-order valence-electron chi connectivity index (χ4n) is 1.36. The van der Waals surface area contributed by atoms with Crippen molar-refractivity contribution in [2.24, 2.45) is 4.99 Å². The summed E-state index contributed by atoms with van der Waals surface area (Å²) in [5.41, 5.74) is 0.998. The monoisotopic (exact) mass is 290 g/mol. The Morgan fingerprint density at radius 1 is 1.35 bits per heavy atom. The van der Waals surface area contributed by atoms with Gasteiger partial charge in [-0.1, -0.05) is 23.2 Å². The van der Waals surface area contributed by atoms with Gasteiger partial charge in [-0.3, -0.25) is 4.99 Å². The largest absolute Gasteiger partial charge is 0.354 e. The zero-order valence-corrected chi connectivity index (χ0v) is 11.0. The van der Waals surface area contributed by atoms with Gasteiger partial charge >= 0.3 is 0 Å². The molecule has 0 unspecified atom stereocenters. The molecular formula is C10H9Cl3N4. The van der Waals surface area contributed by atoms with Crippen molar-refractivity contribution in [2.45, 2.75) is 0 Å². The van der Waals surface area contributed by atoms with E-state index in [0.717, 1.165) is 13.1 Å². The molecule has 1 aromatic carbocycles. The number of anilines is 1. The van der Waals surface area contributed by atoms with Crippen molar-refractivity contribution in [3.8, 4) is 6.07 Å². The lowest BCUT2D eigenvalue weighted by Crippen LogP contribution is -2.26. The smallest absolute Gasteiger partial charge is 0.196 e. The average Bonchev–Trinajstić information content (AvgIpc) is 2.75. The quantitative estimate of drug-likeness (QED) is 0.836. The summed E-state index contributed by atoms with van der Waals surface area (Å²) in [5.74, 6) is 0.647. The molecule has 1 heterocycles. The first kappa shape index (κ1) is 13.9. The Kier molecular flexibility index (Phi) is 4.88. The van der Waals surface area contributed by atoms with Crippen LogP contribution in [0.15, 0.2) is 17.1 Å². The van der Waals surface area contributed by atoms with E-state index in [0.29, 0.717) is 27.3 Å². The molecule has 0 saturated heterocycles. The summed E-state index contributed by atoms with van der Waals surface area (Å²) in [7, 11) is 0. The first-order chi connectivity index (χ1) is 7.70. The van der Waals surface area contributed by atoms with E-state index in [1.807, 2.05) is 6.07 Å². The number of hydrogen-bond acceptors (Lipinski definition) is 4. The van der Waals surface area contributed by atoms with Crippen molar-refractivity contribution in [3.05, 3.63) is 27.7 Å². The van der Waals surface area contributed by atoms with E-state index in [1.54, 1.807) is 12.1 Å². The van der Waals surface area contributed by atoms with Crippen LogP contribution in [0.1, 0.15) is 5.56 Å². The van der Waals surface area contributed by atoms with Crippen molar-refractivity contribution in [1.29, 1.82) is 5.26 Å². The molecule has 1 aromatic rings. The van der Waals surface area contributed by atoms with Gasteiger partial charge in [0, 0.05) is 6.54 Å². The van der Waals surface area contributed by atoms with Crippen LogP contribution in [0.5, 0.6) is 0 Å². The molecule has 2 N–H and O–H groups in total. The average molecular weight is 292 g/mol. The molecule has 0 aliphatic carbocycles. The first-order valence-electron chi connectivity index (χ1n) is 4.65. The van der Waals surface area contributed by atoms with E-state index in [2.05, 4.69) is 15.6 Å². The third kappa shape index (κ3) is 3.16. The van der Waals surface area contributed by atoms with Crippen molar-refractivity contribution in [3.63, 3.8) is 0 Å². The number of benzene rings is 1. The first-order valence-corrected chi connectivity index (χ1v) is 5.41. The fraction of sp³-hybridized carbons (Fsp3) is 0.200. The third-order valence-corrected chi connectivity index (χ3v) is 2.68. The maximum Gasteiger partial charge on any atom is 0.196 e. The Morgan fingerprint density at radius 2 is 2.00 bits per heavy atom. The molecule has 0 amide bonds. The van der Waals surface area contributed by atoms with Crippen LogP contribution in [0.4, 0.5) is 5.69 Å². The molecule has 2 rings (SSSR count). The van der Waals surface area contributed by atoms with Crippen LogP contribution in [0.25, 0.3) is 0 Å². The highest BCUT2D eigenvalue weighted by atomic mass is 35.5. The Morgan fingerprint density at radius 3 is 2.47 bits per heavy atom. The van der Waals surface area contributed by atoms with E-state index in [9.17, 15) is 0 Å². The maximum absolute atomic E-state index is 8.74. The number of rotatable bonds is 1. The molecule has 0 radical (unpaired) electrons. The van der Waals surface area contributed by atoms with Crippen LogP contribution in [0.3, 0.4) is 0 Å². The van der Waals surface area contributed by atoms with Crippen LogP contribution in [0.2, 0.25) is 10.0 Å². The van der Waals surface area contributed by atoms with Gasteiger partial charge in [-0.25, -0.2) is 0 Å². The van der Waals surface area contributed by atoms with Gasteiger partial charge < -0.3 is 10.6 Å². The minimum Gasteiger partial charge on any atom is -0.354 e. The highest BCUT2D eigenvalue weighted by Gasteiger charge is 2.12. The van der Waals surface area contributed by atoms with E-state index < -0.39 is 0 Å². The number of nitrogens with zero attached hydrogens (tertiary/aromatic N) is 2. The summed E-state index contributed by atoms with van der Waals surface area (Å²) >= 11 is 12.0. The second kappa shape index (κ2) is 5.97. The predicted molar refractivity (Wildman–Crippen MR) is 72.4 cm³/mol. The van der Waals surface area contributed by atoms with Crippen molar-refractivity contribution in [2.75, 3.05) is 18.4 Å². The summed E-state index contributed by atoms with van der Waals surface area (Å²) in [6.45, 7) is 1.53. The molecule has 0 fully saturated rings. The summed E-state index contributed by atoms with van der Waals surface area (Å²) < 4.78 is 0. The molecule has 4 nitrogen and oxygen atoms in total. The molecule has 0 atom stereocenters. The number of aliphatic imine (C=N–C) groups is 1. The Balaban J connectivity index is 0.00000144. The zero-order valence-electron chi connectivity index (χ0n) is 8.63. The topological polar surface area (TPSA) is 60.2 Å². The van der Waals surface area contributed by atoms with Crippen LogP contribution >= 0.6 is 35.6 Å². The lowest BCUT2D eigenvalue weighted by atomic mass is 10.2. The lowest BCUT2D eigenvalue weighted by Gasteiger charge is -2.10. The van der Waals surface area contributed by atoms with Crippen LogP contribution < -0.4 is 10.6 Å². The van der Waals surface area contributed by atoms with Gasteiger partial charge in [0.15, 0.2) is 5.96 Å². The summed E-state index contributed by atoms with van der Waals surface area (Å²) in [5, 5.41) is 15.6. The summed E-state index contributed by atoms with van der Waals surface area (Å²) in [6.07, 6.45) is 0. The second-order valence-electron chi connectivity index (χ2n) is 3.21. The molecular weight excluding hydrogens is 282 g/mol. The Bertz CT molecular complexity index is 470. The fourth-order valence-corrected chi connectivity index (χ4v) is 1.94. The molecule has 0 spiro atoms. The molecule has 0 bridgehead atoms. The van der Waals surface area contributed by atoms with E-state index >= 15 is 0 Å². The number of halogens is 3. The maximum atomic E-state index is 8.74. The highest BCUT2D eigenvalue weighted by Crippen LogP contribution is 2.31. The van der Waals surface area contributed by atoms with Gasteiger partial charge in [0.1, 0.15) is 0 Å². The SMILES string of the molecule is Cl.N#Cc1cc(Cl)c(NC2=NCCN2)c(Cl)c1. The molecule has 1 aliphatic rings. The van der Waals surface area contributed by atoms with Gasteiger partial charge in [0.25, 0.3) is 0 Å². The molecule has 0 saturated carbocycles. The molecule has 90 valence electrons. The summed E-state index contributed by atoms with van der Waals surface area (Å²) in [6, 6.07) is 5.11. The highest BCUT2D eigenvalue weighted by molar-refractivity contribution is 6.40. The minimum atomic E-state index is 0. The van der Waals surface area contributed by atoms with Gasteiger partial charge in [0.05, 0.1) is 33.9 Å². The van der Waals surface area contributed by atoms with Crippen molar-refractivity contribution in [1.82, 2.24) is 5.32 Å². The van der Waals surface area contributed by atoms with Crippen LogP contribution in [-0.4, -0.2) is 19.0 Å². The number of hydrogen-bond donors (Lipinski definition) is 2. The summed E-state index contributed by atoms with van der Waals surface area (Å²) in [4.78, 5) is 4.17. The number of nitriles is 1. The molecule has 7 heteroatoms. The Hall–Kier alpha value is -1.15. The minimum absolute atomic E-state index is 0. The molecule has 17 heavy (non-hydrogen) atoms. The zero-order chi connectivity index (χ0) is 11.5. The third-order valence-electron chi connectivity index (χ3n) is 2.09. The van der Waals surface area contributed by atoms with E-state index in [1.165, 1.54) is 0 Å². The van der Waals surface area contributed by atoms with E-state index in [4.69, 9.17) is 28.5 Å². The van der Waals surface area contributed by atoms with Crippen LogP contribution in [0, 0.1) is 11.3 Å². The van der Waals surface area contributed by atoms with Gasteiger partial charge in [-0.05, 0) is 12.1 Å².